The quantitative estimate of drug-likeness (QED) is 0.387. The second-order valence-corrected chi connectivity index (χ2v) is 9.61. The van der Waals surface area contributed by atoms with Gasteiger partial charge < -0.3 is 4.90 Å². The number of aryl methyl sites for hydroxylation is 1. The lowest BCUT2D eigenvalue weighted by Crippen LogP contribution is -2.50. The number of hydrogen-bond acceptors (Lipinski definition) is 6. The SMILES string of the molecule is O=C(CCc1cnn(-c2ccccc2)c1)N1CCN(S(=O)(=O)c2cccc([N+](=O)[O-])c2)CC1. The van der Waals surface area contributed by atoms with Gasteiger partial charge in [-0.1, -0.05) is 24.3 Å². The molecule has 0 unspecified atom stereocenters. The fraction of sp³-hybridized carbons (Fsp3) is 0.273. The van der Waals surface area contributed by atoms with Crippen molar-refractivity contribution in [3.05, 3.63) is 82.7 Å². The zero-order valence-electron chi connectivity index (χ0n) is 17.8. The van der Waals surface area contributed by atoms with Gasteiger partial charge in [0.25, 0.3) is 5.69 Å². The smallest absolute Gasteiger partial charge is 0.270 e. The largest absolute Gasteiger partial charge is 0.340 e. The van der Waals surface area contributed by atoms with E-state index in [0.717, 1.165) is 17.3 Å². The third-order valence-corrected chi connectivity index (χ3v) is 7.44. The Hall–Kier alpha value is -3.57. The van der Waals surface area contributed by atoms with E-state index in [0.29, 0.717) is 12.8 Å². The summed E-state index contributed by atoms with van der Waals surface area (Å²) in [6, 6.07) is 14.7. The molecule has 2 heterocycles. The van der Waals surface area contributed by atoms with Gasteiger partial charge in [-0.2, -0.15) is 9.40 Å². The van der Waals surface area contributed by atoms with E-state index < -0.39 is 14.9 Å². The molecule has 172 valence electrons. The predicted molar refractivity (Wildman–Crippen MR) is 120 cm³/mol. The van der Waals surface area contributed by atoms with Crippen molar-refractivity contribution in [1.29, 1.82) is 0 Å². The maximum absolute atomic E-state index is 12.9. The number of nitro benzene ring substituents is 1. The van der Waals surface area contributed by atoms with Crippen LogP contribution in [0.25, 0.3) is 5.69 Å². The van der Waals surface area contributed by atoms with Gasteiger partial charge in [-0.3, -0.25) is 14.9 Å². The number of nitrogens with zero attached hydrogens (tertiary/aromatic N) is 5. The van der Waals surface area contributed by atoms with Crippen LogP contribution < -0.4 is 0 Å². The summed E-state index contributed by atoms with van der Waals surface area (Å²) in [5.41, 5.74) is 1.61. The summed E-state index contributed by atoms with van der Waals surface area (Å²) in [7, 11) is -3.87. The van der Waals surface area contributed by atoms with Crippen LogP contribution in [0.2, 0.25) is 0 Å². The molecule has 10 nitrogen and oxygen atoms in total. The highest BCUT2D eigenvalue weighted by Crippen LogP contribution is 2.22. The van der Waals surface area contributed by atoms with Crippen LogP contribution in [0.5, 0.6) is 0 Å². The van der Waals surface area contributed by atoms with Crippen LogP contribution in [0.1, 0.15) is 12.0 Å². The molecule has 1 aliphatic heterocycles. The monoisotopic (exact) mass is 469 g/mol. The molecule has 0 atom stereocenters. The number of rotatable bonds is 7. The van der Waals surface area contributed by atoms with Gasteiger partial charge in [-0.05, 0) is 30.2 Å². The molecule has 1 aromatic heterocycles. The Balaban J connectivity index is 1.31. The molecule has 4 rings (SSSR count). The van der Waals surface area contributed by atoms with Crippen molar-refractivity contribution < 1.29 is 18.1 Å². The summed E-state index contributed by atoms with van der Waals surface area (Å²) in [6.07, 6.45) is 4.48. The van der Waals surface area contributed by atoms with Gasteiger partial charge in [-0.15, -0.1) is 0 Å². The van der Waals surface area contributed by atoms with Gasteiger partial charge in [0.2, 0.25) is 15.9 Å². The fourth-order valence-corrected chi connectivity index (χ4v) is 5.17. The number of piperazine rings is 1. The molecule has 1 saturated heterocycles. The summed E-state index contributed by atoms with van der Waals surface area (Å²) in [4.78, 5) is 24.5. The van der Waals surface area contributed by atoms with Crippen molar-refractivity contribution in [3.63, 3.8) is 0 Å². The Bertz CT molecular complexity index is 1250. The molecule has 2 aromatic carbocycles. The number of benzene rings is 2. The molecule has 0 radical (unpaired) electrons. The lowest BCUT2D eigenvalue weighted by molar-refractivity contribution is -0.385. The van der Waals surface area contributed by atoms with Gasteiger partial charge in [-0.25, -0.2) is 13.1 Å². The first-order valence-corrected chi connectivity index (χ1v) is 11.9. The minimum Gasteiger partial charge on any atom is -0.340 e. The fourth-order valence-electron chi connectivity index (χ4n) is 3.70. The number of hydrogen-bond donors (Lipinski definition) is 0. The molecule has 1 aliphatic rings. The molecule has 0 spiro atoms. The summed E-state index contributed by atoms with van der Waals surface area (Å²) in [6.45, 7) is 0.831. The standard InChI is InChI=1S/C22H23N5O5S/c28-22(10-9-18-16-23-26(17-18)19-5-2-1-3-6-19)24-11-13-25(14-12-24)33(31,32)21-8-4-7-20(15-21)27(29)30/h1-8,15-17H,9-14H2. The molecule has 11 heteroatoms. The zero-order chi connectivity index (χ0) is 23.4. The van der Waals surface area contributed by atoms with Gasteiger partial charge >= 0.3 is 0 Å². The van der Waals surface area contributed by atoms with Crippen molar-refractivity contribution in [1.82, 2.24) is 19.0 Å². The third-order valence-electron chi connectivity index (χ3n) is 5.54. The average molecular weight is 470 g/mol. The second kappa shape index (κ2) is 9.51. The Morgan fingerprint density at radius 1 is 1.03 bits per heavy atom. The topological polar surface area (TPSA) is 119 Å². The summed E-state index contributed by atoms with van der Waals surface area (Å²) in [5.74, 6) is -0.0464. The lowest BCUT2D eigenvalue weighted by Gasteiger charge is -2.34. The molecule has 33 heavy (non-hydrogen) atoms. The van der Waals surface area contributed by atoms with Gasteiger partial charge in [0.05, 0.1) is 21.7 Å². The number of para-hydroxylation sites is 1. The second-order valence-electron chi connectivity index (χ2n) is 7.67. The highest BCUT2D eigenvalue weighted by molar-refractivity contribution is 7.89. The van der Waals surface area contributed by atoms with Crippen molar-refractivity contribution in [2.45, 2.75) is 17.7 Å². The molecule has 0 saturated carbocycles. The lowest BCUT2D eigenvalue weighted by atomic mass is 10.2. The average Bonchev–Trinajstić information content (AvgIpc) is 3.32. The molecular formula is C22H23N5O5S. The predicted octanol–water partition coefficient (Wildman–Crippen LogP) is 2.25. The van der Waals surface area contributed by atoms with Crippen molar-refractivity contribution >= 4 is 21.6 Å². The Morgan fingerprint density at radius 2 is 1.76 bits per heavy atom. The highest BCUT2D eigenvalue weighted by Gasteiger charge is 2.30. The molecule has 1 amide bonds. The maximum atomic E-state index is 12.9. The highest BCUT2D eigenvalue weighted by atomic mass is 32.2. The third kappa shape index (κ3) is 5.10. The van der Waals surface area contributed by atoms with Crippen LogP contribution in [-0.2, 0) is 21.2 Å². The van der Waals surface area contributed by atoms with E-state index in [2.05, 4.69) is 5.10 Å². The molecule has 3 aromatic rings. The molecule has 0 aliphatic carbocycles. The van der Waals surface area contributed by atoms with Crippen LogP contribution in [0, 0.1) is 10.1 Å². The minimum atomic E-state index is -3.87. The number of carbonyl (C=O) groups is 1. The summed E-state index contributed by atoms with van der Waals surface area (Å²) < 4.78 is 28.7. The zero-order valence-corrected chi connectivity index (χ0v) is 18.6. The van der Waals surface area contributed by atoms with E-state index in [9.17, 15) is 23.3 Å². The minimum absolute atomic E-state index is 0.0464. The normalized spacial score (nSPS) is 14.8. The first-order chi connectivity index (χ1) is 15.8. The van der Waals surface area contributed by atoms with Crippen LogP contribution in [-0.4, -0.2) is 64.4 Å². The molecule has 0 bridgehead atoms. The number of aromatic nitrogens is 2. The van der Waals surface area contributed by atoms with Gasteiger partial charge in [0.1, 0.15) is 0 Å². The Labute approximate surface area is 191 Å². The molecular weight excluding hydrogens is 446 g/mol. The summed E-state index contributed by atoms with van der Waals surface area (Å²) >= 11 is 0. The maximum Gasteiger partial charge on any atom is 0.270 e. The van der Waals surface area contributed by atoms with Gasteiger partial charge in [0.15, 0.2) is 0 Å². The van der Waals surface area contributed by atoms with E-state index in [-0.39, 0.29) is 42.7 Å². The molecule has 1 fully saturated rings. The van der Waals surface area contributed by atoms with Crippen molar-refractivity contribution in [2.75, 3.05) is 26.2 Å². The van der Waals surface area contributed by atoms with E-state index in [1.807, 2.05) is 36.5 Å². The van der Waals surface area contributed by atoms with Crippen LogP contribution in [0.4, 0.5) is 5.69 Å². The van der Waals surface area contributed by atoms with Crippen LogP contribution in [0.15, 0.2) is 71.9 Å². The van der Waals surface area contributed by atoms with Crippen LogP contribution in [0.3, 0.4) is 0 Å². The van der Waals surface area contributed by atoms with Crippen molar-refractivity contribution in [2.24, 2.45) is 0 Å². The van der Waals surface area contributed by atoms with Gasteiger partial charge in [0, 0.05) is 50.9 Å². The number of non-ortho nitro benzene ring substituents is 1. The molecule has 0 N–H and O–H groups in total. The first-order valence-electron chi connectivity index (χ1n) is 10.5. The Morgan fingerprint density at radius 3 is 2.45 bits per heavy atom. The van der Waals surface area contributed by atoms with E-state index >= 15 is 0 Å². The Kier molecular flexibility index (Phi) is 6.52. The van der Waals surface area contributed by atoms with Crippen LogP contribution >= 0.6 is 0 Å². The number of sulfonamides is 1. The number of nitro groups is 1. The number of amides is 1. The van der Waals surface area contributed by atoms with E-state index in [4.69, 9.17) is 0 Å². The summed E-state index contributed by atoms with van der Waals surface area (Å²) in [5, 5.41) is 15.3. The van der Waals surface area contributed by atoms with Crippen molar-refractivity contribution in [3.8, 4) is 5.69 Å². The van der Waals surface area contributed by atoms with E-state index in [1.54, 1.807) is 15.8 Å². The van der Waals surface area contributed by atoms with E-state index in [1.165, 1.54) is 22.5 Å². The number of carbonyl (C=O) groups excluding carboxylic acids is 1. The first kappa shape index (κ1) is 22.6.